The van der Waals surface area contributed by atoms with Gasteiger partial charge >= 0.3 is 5.97 Å². The maximum Gasteiger partial charge on any atom is 0.362 e. The maximum absolute atomic E-state index is 10.6. The SMILES string of the molecule is CCC(C([O])=O)c1ccccc1. The van der Waals surface area contributed by atoms with E-state index < -0.39 is 11.9 Å². The number of benzene rings is 1. The normalized spacial score (nSPS) is 12.4. The number of carbonyl (C=O) groups excluding carboxylic acids is 1. The Balaban J connectivity index is 2.88. The summed E-state index contributed by atoms with van der Waals surface area (Å²) in [7, 11) is 0. The molecule has 0 amide bonds. The van der Waals surface area contributed by atoms with Crippen molar-refractivity contribution >= 4 is 5.97 Å². The van der Waals surface area contributed by atoms with Crippen molar-refractivity contribution in [3.63, 3.8) is 0 Å². The van der Waals surface area contributed by atoms with E-state index in [0.29, 0.717) is 6.42 Å². The zero-order chi connectivity index (χ0) is 8.97. The average molecular weight is 163 g/mol. The van der Waals surface area contributed by atoms with Gasteiger partial charge in [0.15, 0.2) is 0 Å². The standard InChI is InChI=1S/C10H11O2/c1-2-9(10(11)12)8-6-4-3-5-7-8/h3-7,9H,2H2,1H3. The molecule has 12 heavy (non-hydrogen) atoms. The fourth-order valence-corrected chi connectivity index (χ4v) is 1.22. The third kappa shape index (κ3) is 1.84. The molecule has 1 radical (unpaired) electrons. The van der Waals surface area contributed by atoms with Crippen LogP contribution in [0.2, 0.25) is 0 Å². The van der Waals surface area contributed by atoms with E-state index >= 15 is 0 Å². The number of hydrogen-bond acceptors (Lipinski definition) is 1. The molecular weight excluding hydrogens is 152 g/mol. The molecule has 0 saturated heterocycles. The maximum atomic E-state index is 10.6. The fraction of sp³-hybridized carbons (Fsp3) is 0.300. The number of hydrogen-bond donors (Lipinski definition) is 0. The van der Waals surface area contributed by atoms with Crippen LogP contribution in [0, 0.1) is 0 Å². The molecule has 1 unspecified atom stereocenters. The van der Waals surface area contributed by atoms with E-state index in [9.17, 15) is 9.90 Å². The molecule has 63 valence electrons. The van der Waals surface area contributed by atoms with Crippen molar-refractivity contribution in [2.75, 3.05) is 0 Å². The molecule has 0 saturated carbocycles. The molecule has 0 aliphatic carbocycles. The van der Waals surface area contributed by atoms with Gasteiger partial charge in [0.2, 0.25) is 0 Å². The third-order valence-electron chi connectivity index (χ3n) is 1.89. The first-order valence-electron chi connectivity index (χ1n) is 4.01. The smallest absolute Gasteiger partial charge is 0.247 e. The minimum absolute atomic E-state index is 0.466. The van der Waals surface area contributed by atoms with Crippen LogP contribution in [0.4, 0.5) is 0 Å². The van der Waals surface area contributed by atoms with E-state index in [2.05, 4.69) is 0 Å². The molecule has 2 nitrogen and oxygen atoms in total. The molecule has 0 aliphatic heterocycles. The fourth-order valence-electron chi connectivity index (χ4n) is 1.22. The summed E-state index contributed by atoms with van der Waals surface area (Å²) in [6, 6.07) is 9.15. The molecular formula is C10H11O2. The van der Waals surface area contributed by atoms with Crippen molar-refractivity contribution in [1.29, 1.82) is 0 Å². The lowest BCUT2D eigenvalue weighted by Crippen LogP contribution is -2.08. The van der Waals surface area contributed by atoms with Gasteiger partial charge in [-0.25, -0.2) is 9.90 Å². The molecule has 0 heterocycles. The first-order chi connectivity index (χ1) is 5.75. The molecule has 0 N–H and O–H groups in total. The van der Waals surface area contributed by atoms with Crippen molar-refractivity contribution < 1.29 is 9.90 Å². The Labute approximate surface area is 71.8 Å². The van der Waals surface area contributed by atoms with E-state index in [1.807, 2.05) is 37.3 Å². The Morgan fingerprint density at radius 3 is 2.33 bits per heavy atom. The molecule has 1 aromatic carbocycles. The van der Waals surface area contributed by atoms with E-state index in [-0.39, 0.29) is 0 Å². The lowest BCUT2D eigenvalue weighted by Gasteiger charge is -2.06. The van der Waals surface area contributed by atoms with Gasteiger partial charge < -0.3 is 0 Å². The molecule has 0 spiro atoms. The van der Waals surface area contributed by atoms with Gasteiger partial charge in [0.1, 0.15) is 0 Å². The zero-order valence-corrected chi connectivity index (χ0v) is 6.99. The Morgan fingerprint density at radius 2 is 1.92 bits per heavy atom. The first-order valence-corrected chi connectivity index (χ1v) is 4.01. The molecule has 1 aromatic rings. The predicted molar refractivity (Wildman–Crippen MR) is 45.2 cm³/mol. The average Bonchev–Trinajstić information content (AvgIpc) is 2.07. The highest BCUT2D eigenvalue weighted by atomic mass is 16.4. The van der Waals surface area contributed by atoms with Crippen molar-refractivity contribution in [1.82, 2.24) is 0 Å². The Kier molecular flexibility index (Phi) is 2.86. The minimum atomic E-state index is -0.997. The number of rotatable bonds is 3. The summed E-state index contributed by atoms with van der Waals surface area (Å²) >= 11 is 0. The summed E-state index contributed by atoms with van der Waals surface area (Å²) in [6.45, 7) is 1.84. The highest BCUT2D eigenvalue weighted by Gasteiger charge is 2.18. The number of carbonyl (C=O) groups is 1. The van der Waals surface area contributed by atoms with Gasteiger partial charge in [0.25, 0.3) is 0 Å². The van der Waals surface area contributed by atoms with Gasteiger partial charge in [-0.15, -0.1) is 0 Å². The summed E-state index contributed by atoms with van der Waals surface area (Å²) in [5.41, 5.74) is 0.819. The summed E-state index contributed by atoms with van der Waals surface area (Å²) in [6.07, 6.45) is 0.576. The predicted octanol–water partition coefficient (Wildman–Crippen LogP) is 2.14. The second kappa shape index (κ2) is 3.90. The van der Waals surface area contributed by atoms with E-state index in [4.69, 9.17) is 0 Å². The van der Waals surface area contributed by atoms with Crippen molar-refractivity contribution in [2.24, 2.45) is 0 Å². The van der Waals surface area contributed by atoms with Gasteiger partial charge in [-0.1, -0.05) is 37.3 Å². The topological polar surface area (TPSA) is 37.0 Å². The molecule has 1 rings (SSSR count). The van der Waals surface area contributed by atoms with Crippen LogP contribution in [-0.4, -0.2) is 5.97 Å². The summed E-state index contributed by atoms with van der Waals surface area (Å²) in [4.78, 5) is 10.6. The second-order valence-electron chi connectivity index (χ2n) is 2.69. The lowest BCUT2D eigenvalue weighted by molar-refractivity contribution is -0.145. The van der Waals surface area contributed by atoms with Gasteiger partial charge in [0, 0.05) is 0 Å². The van der Waals surface area contributed by atoms with Gasteiger partial charge in [0.05, 0.1) is 5.92 Å². The molecule has 2 heteroatoms. The van der Waals surface area contributed by atoms with Gasteiger partial charge in [-0.05, 0) is 12.0 Å². The second-order valence-corrected chi connectivity index (χ2v) is 2.69. The van der Waals surface area contributed by atoms with Crippen LogP contribution in [0.3, 0.4) is 0 Å². The molecule has 0 bridgehead atoms. The van der Waals surface area contributed by atoms with Crippen LogP contribution in [0.25, 0.3) is 0 Å². The Morgan fingerprint density at radius 1 is 1.33 bits per heavy atom. The molecule has 0 aliphatic rings. The lowest BCUT2D eigenvalue weighted by atomic mass is 9.97. The largest absolute Gasteiger partial charge is 0.362 e. The Hall–Kier alpha value is -1.31. The molecule has 1 atom stereocenters. The summed E-state index contributed by atoms with van der Waals surface area (Å²) in [5, 5.41) is 10.6. The summed E-state index contributed by atoms with van der Waals surface area (Å²) < 4.78 is 0. The van der Waals surface area contributed by atoms with Gasteiger partial charge in [-0.2, -0.15) is 0 Å². The minimum Gasteiger partial charge on any atom is -0.247 e. The van der Waals surface area contributed by atoms with Crippen LogP contribution in [0.5, 0.6) is 0 Å². The third-order valence-corrected chi connectivity index (χ3v) is 1.89. The van der Waals surface area contributed by atoms with Crippen LogP contribution >= 0.6 is 0 Å². The quantitative estimate of drug-likeness (QED) is 0.672. The Bertz CT molecular complexity index is 254. The first kappa shape index (κ1) is 8.78. The van der Waals surface area contributed by atoms with E-state index in [0.717, 1.165) is 5.56 Å². The summed E-state index contributed by atoms with van der Waals surface area (Å²) in [5.74, 6) is -1.46. The van der Waals surface area contributed by atoms with Gasteiger partial charge in [-0.3, -0.25) is 0 Å². The highest BCUT2D eigenvalue weighted by Crippen LogP contribution is 2.18. The van der Waals surface area contributed by atoms with Crippen molar-refractivity contribution in [2.45, 2.75) is 19.3 Å². The van der Waals surface area contributed by atoms with Crippen LogP contribution in [0.15, 0.2) is 30.3 Å². The van der Waals surface area contributed by atoms with Crippen molar-refractivity contribution in [3.8, 4) is 0 Å². The van der Waals surface area contributed by atoms with Crippen LogP contribution in [0.1, 0.15) is 24.8 Å². The highest BCUT2D eigenvalue weighted by molar-refractivity contribution is 5.75. The van der Waals surface area contributed by atoms with E-state index in [1.165, 1.54) is 0 Å². The zero-order valence-electron chi connectivity index (χ0n) is 6.99. The van der Waals surface area contributed by atoms with E-state index in [1.54, 1.807) is 0 Å². The van der Waals surface area contributed by atoms with Crippen molar-refractivity contribution in [3.05, 3.63) is 35.9 Å². The van der Waals surface area contributed by atoms with Crippen LogP contribution < -0.4 is 0 Å². The van der Waals surface area contributed by atoms with Crippen LogP contribution in [-0.2, 0) is 9.90 Å². The monoisotopic (exact) mass is 163 g/mol. The molecule has 0 aromatic heterocycles. The molecule has 0 fully saturated rings.